The van der Waals surface area contributed by atoms with E-state index in [0.29, 0.717) is 16.5 Å². The van der Waals surface area contributed by atoms with Crippen LogP contribution in [-0.2, 0) is 4.74 Å². The lowest BCUT2D eigenvalue weighted by Gasteiger charge is -2.58. The lowest BCUT2D eigenvalue weighted by Crippen LogP contribution is -2.72. The molecule has 3 rings (SSSR count). The Bertz CT molecular complexity index is 570. The van der Waals surface area contributed by atoms with Crippen LogP contribution in [-0.4, -0.2) is 61.1 Å². The maximum Gasteiger partial charge on any atom is 0.254 e. The number of nitrogens with zero attached hydrogens (tertiary/aromatic N) is 2. The number of piperidine rings is 1. The molecule has 126 valence electrons. The second-order valence-corrected chi connectivity index (χ2v) is 7.27. The first-order valence-electron chi connectivity index (χ1n) is 8.38. The van der Waals surface area contributed by atoms with Crippen LogP contribution in [0.25, 0.3) is 0 Å². The maximum atomic E-state index is 12.6. The minimum Gasteiger partial charge on any atom is -0.381 e. The van der Waals surface area contributed by atoms with E-state index in [2.05, 4.69) is 11.9 Å². The van der Waals surface area contributed by atoms with E-state index in [0.717, 1.165) is 39.3 Å². The number of carbonyl (C=O) groups is 1. The van der Waals surface area contributed by atoms with Crippen LogP contribution >= 0.6 is 11.6 Å². The van der Waals surface area contributed by atoms with Crippen LogP contribution in [0, 0.1) is 5.92 Å². The molecule has 0 radical (unpaired) electrons. The van der Waals surface area contributed by atoms with Crippen LogP contribution in [0.1, 0.15) is 30.1 Å². The fourth-order valence-electron chi connectivity index (χ4n) is 3.82. The van der Waals surface area contributed by atoms with Gasteiger partial charge in [0.1, 0.15) is 0 Å². The summed E-state index contributed by atoms with van der Waals surface area (Å²) in [5.41, 5.74) is 0.811. The molecule has 0 bridgehead atoms. The van der Waals surface area contributed by atoms with E-state index in [1.54, 1.807) is 12.1 Å². The molecular weight excluding hydrogens is 312 g/mol. The molecule has 2 fully saturated rings. The van der Waals surface area contributed by atoms with Crippen molar-refractivity contribution in [2.75, 3.05) is 39.9 Å². The number of hydrogen-bond acceptors (Lipinski definition) is 3. The molecule has 23 heavy (non-hydrogen) atoms. The van der Waals surface area contributed by atoms with Gasteiger partial charge in [0, 0.05) is 36.9 Å². The summed E-state index contributed by atoms with van der Waals surface area (Å²) in [6.07, 6.45) is 2.29. The zero-order valence-corrected chi connectivity index (χ0v) is 14.7. The minimum absolute atomic E-state index is 0.0819. The van der Waals surface area contributed by atoms with Gasteiger partial charge in [0.05, 0.1) is 5.54 Å². The number of ether oxygens (including phenoxy) is 1. The van der Waals surface area contributed by atoms with Gasteiger partial charge in [-0.05, 0) is 57.5 Å². The lowest BCUT2D eigenvalue weighted by molar-refractivity contribution is -0.0751. The van der Waals surface area contributed by atoms with Gasteiger partial charge >= 0.3 is 0 Å². The van der Waals surface area contributed by atoms with Crippen molar-refractivity contribution in [2.24, 2.45) is 5.92 Å². The summed E-state index contributed by atoms with van der Waals surface area (Å²) in [6, 6.07) is 7.21. The maximum absolute atomic E-state index is 12.6. The molecule has 2 saturated heterocycles. The first-order chi connectivity index (χ1) is 11.0. The van der Waals surface area contributed by atoms with Gasteiger partial charge in [-0.25, -0.2) is 0 Å². The molecule has 4 nitrogen and oxygen atoms in total. The summed E-state index contributed by atoms with van der Waals surface area (Å²) in [7, 11) is 2.18. The quantitative estimate of drug-likeness (QED) is 0.847. The summed E-state index contributed by atoms with van der Waals surface area (Å²) in [4.78, 5) is 17.0. The number of hydrogen-bond donors (Lipinski definition) is 0. The number of likely N-dealkylation sites (tertiary alicyclic amines) is 2. The van der Waals surface area contributed by atoms with Gasteiger partial charge in [0.15, 0.2) is 0 Å². The highest BCUT2D eigenvalue weighted by molar-refractivity contribution is 6.30. The fourth-order valence-corrected chi connectivity index (χ4v) is 4.01. The van der Waals surface area contributed by atoms with E-state index in [1.165, 1.54) is 6.42 Å². The molecule has 2 heterocycles. The Kier molecular flexibility index (Phi) is 4.95. The zero-order valence-electron chi connectivity index (χ0n) is 13.9. The molecule has 2 aliphatic rings. The first kappa shape index (κ1) is 16.7. The topological polar surface area (TPSA) is 32.8 Å². The van der Waals surface area contributed by atoms with Crippen LogP contribution in [0.5, 0.6) is 0 Å². The van der Waals surface area contributed by atoms with Crippen LogP contribution in [0.3, 0.4) is 0 Å². The minimum atomic E-state index is 0.0819. The Morgan fingerprint density at radius 1 is 1.43 bits per heavy atom. The third kappa shape index (κ3) is 3.39. The van der Waals surface area contributed by atoms with Crippen LogP contribution in [0.4, 0.5) is 0 Å². The predicted octanol–water partition coefficient (Wildman–Crippen LogP) is 2.91. The second kappa shape index (κ2) is 6.80. The third-order valence-corrected chi connectivity index (χ3v) is 5.47. The molecule has 0 N–H and O–H groups in total. The summed E-state index contributed by atoms with van der Waals surface area (Å²) < 4.78 is 5.61. The number of benzene rings is 1. The SMILES string of the molecule is CCOC[C@@H]1CCN(C)C2(C1)CN(C(=O)c1cccc(Cl)c1)C2. The average Bonchev–Trinajstić information content (AvgIpc) is 2.51. The van der Waals surface area contributed by atoms with E-state index < -0.39 is 0 Å². The largest absolute Gasteiger partial charge is 0.381 e. The predicted molar refractivity (Wildman–Crippen MR) is 91.9 cm³/mol. The number of halogens is 1. The van der Waals surface area contributed by atoms with Gasteiger partial charge in [-0.15, -0.1) is 0 Å². The van der Waals surface area contributed by atoms with Crippen molar-refractivity contribution in [1.82, 2.24) is 9.80 Å². The third-order valence-electron chi connectivity index (χ3n) is 5.24. The summed E-state index contributed by atoms with van der Waals surface area (Å²) in [5.74, 6) is 0.688. The van der Waals surface area contributed by atoms with Crippen molar-refractivity contribution in [3.63, 3.8) is 0 Å². The molecule has 1 spiro atoms. The van der Waals surface area contributed by atoms with Crippen LogP contribution < -0.4 is 0 Å². The van der Waals surface area contributed by atoms with E-state index in [-0.39, 0.29) is 11.4 Å². The van der Waals surface area contributed by atoms with Crippen molar-refractivity contribution in [3.8, 4) is 0 Å². The van der Waals surface area contributed by atoms with Crippen molar-refractivity contribution in [1.29, 1.82) is 0 Å². The standard InChI is InChI=1S/C18H25ClN2O2/c1-3-23-11-14-7-8-20(2)18(10-14)12-21(13-18)17(22)15-5-4-6-16(19)9-15/h4-6,9,14H,3,7-8,10-13H2,1-2H3/t14-/m1/s1. The number of carbonyl (C=O) groups excluding carboxylic acids is 1. The highest BCUT2D eigenvalue weighted by Gasteiger charge is 2.50. The summed E-state index contributed by atoms with van der Waals surface area (Å²) >= 11 is 5.99. The molecule has 1 aromatic carbocycles. The smallest absolute Gasteiger partial charge is 0.254 e. The fraction of sp³-hybridized carbons (Fsp3) is 0.611. The van der Waals surface area contributed by atoms with Gasteiger partial charge in [-0.2, -0.15) is 0 Å². The van der Waals surface area contributed by atoms with Gasteiger partial charge in [0.25, 0.3) is 5.91 Å². The lowest BCUT2D eigenvalue weighted by atomic mass is 9.75. The molecule has 2 aliphatic heterocycles. The summed E-state index contributed by atoms with van der Waals surface area (Å²) in [6.45, 7) is 6.35. The Balaban J connectivity index is 1.62. The average molecular weight is 337 g/mol. The van der Waals surface area contributed by atoms with E-state index in [4.69, 9.17) is 16.3 Å². The van der Waals surface area contributed by atoms with Crippen molar-refractivity contribution >= 4 is 17.5 Å². The molecule has 5 heteroatoms. The molecule has 0 aromatic heterocycles. The Morgan fingerprint density at radius 3 is 2.91 bits per heavy atom. The summed E-state index contributed by atoms with van der Waals surface area (Å²) in [5, 5.41) is 0.609. The monoisotopic (exact) mass is 336 g/mol. The van der Waals surface area contributed by atoms with Crippen LogP contribution in [0.2, 0.25) is 5.02 Å². The zero-order chi connectivity index (χ0) is 16.4. The van der Waals surface area contributed by atoms with Gasteiger partial charge in [-0.3, -0.25) is 9.69 Å². The van der Waals surface area contributed by atoms with Crippen molar-refractivity contribution < 1.29 is 9.53 Å². The van der Waals surface area contributed by atoms with Gasteiger partial charge in [-0.1, -0.05) is 17.7 Å². The van der Waals surface area contributed by atoms with E-state index >= 15 is 0 Å². The molecule has 1 atom stereocenters. The highest BCUT2D eigenvalue weighted by Crippen LogP contribution is 2.39. The molecule has 1 amide bonds. The molecule has 1 aromatic rings. The normalized spacial score (nSPS) is 23.8. The molecule has 0 saturated carbocycles. The molecular formula is C18H25ClN2O2. The molecule has 0 unspecified atom stereocenters. The van der Waals surface area contributed by atoms with E-state index in [9.17, 15) is 4.79 Å². The Labute approximate surface area is 143 Å². The van der Waals surface area contributed by atoms with Gasteiger partial charge in [0.2, 0.25) is 0 Å². The van der Waals surface area contributed by atoms with Crippen LogP contribution in [0.15, 0.2) is 24.3 Å². The Morgan fingerprint density at radius 2 is 2.22 bits per heavy atom. The van der Waals surface area contributed by atoms with Crippen molar-refractivity contribution in [3.05, 3.63) is 34.9 Å². The number of amides is 1. The Hall–Kier alpha value is -1.10. The second-order valence-electron chi connectivity index (χ2n) is 6.84. The first-order valence-corrected chi connectivity index (χ1v) is 8.76. The van der Waals surface area contributed by atoms with E-state index in [1.807, 2.05) is 24.0 Å². The molecule has 0 aliphatic carbocycles. The van der Waals surface area contributed by atoms with Crippen molar-refractivity contribution in [2.45, 2.75) is 25.3 Å². The van der Waals surface area contributed by atoms with Gasteiger partial charge < -0.3 is 9.64 Å². The number of rotatable bonds is 4. The number of likely N-dealkylation sites (N-methyl/N-ethyl adjacent to an activating group) is 1. The highest BCUT2D eigenvalue weighted by atomic mass is 35.5.